The molecule has 78 valence electrons. The SMILES string of the molecule is FC(F)Oc1cccc(-c2nnco2)c1. The quantitative estimate of drug-likeness (QED) is 0.783. The van der Waals surface area contributed by atoms with Gasteiger partial charge >= 0.3 is 6.61 Å². The van der Waals surface area contributed by atoms with Crippen LogP contribution >= 0.6 is 0 Å². The first-order chi connectivity index (χ1) is 7.25. The second kappa shape index (κ2) is 4.04. The molecule has 15 heavy (non-hydrogen) atoms. The molecule has 2 aromatic rings. The smallest absolute Gasteiger partial charge is 0.387 e. The Morgan fingerprint density at radius 3 is 2.87 bits per heavy atom. The van der Waals surface area contributed by atoms with E-state index in [1.807, 2.05) is 0 Å². The van der Waals surface area contributed by atoms with Crippen molar-refractivity contribution >= 4 is 0 Å². The monoisotopic (exact) mass is 212 g/mol. The van der Waals surface area contributed by atoms with Gasteiger partial charge in [0.1, 0.15) is 5.75 Å². The largest absolute Gasteiger partial charge is 0.435 e. The lowest BCUT2D eigenvalue weighted by Crippen LogP contribution is -2.01. The van der Waals surface area contributed by atoms with E-state index in [1.165, 1.54) is 12.1 Å². The van der Waals surface area contributed by atoms with Crippen molar-refractivity contribution in [2.24, 2.45) is 0 Å². The molecule has 1 heterocycles. The molecule has 0 bridgehead atoms. The summed E-state index contributed by atoms with van der Waals surface area (Å²) < 4.78 is 33.0. The third-order valence-electron chi connectivity index (χ3n) is 1.67. The topological polar surface area (TPSA) is 48.2 Å². The number of rotatable bonds is 3. The first-order valence-corrected chi connectivity index (χ1v) is 4.07. The van der Waals surface area contributed by atoms with E-state index in [1.54, 1.807) is 12.1 Å². The number of aromatic nitrogens is 2. The number of hydrogen-bond acceptors (Lipinski definition) is 4. The maximum Gasteiger partial charge on any atom is 0.387 e. The zero-order valence-electron chi connectivity index (χ0n) is 7.43. The molecule has 0 atom stereocenters. The van der Waals surface area contributed by atoms with Crippen molar-refractivity contribution in [2.75, 3.05) is 0 Å². The van der Waals surface area contributed by atoms with Gasteiger partial charge in [0.2, 0.25) is 12.3 Å². The van der Waals surface area contributed by atoms with Crippen LogP contribution in [-0.2, 0) is 0 Å². The van der Waals surface area contributed by atoms with E-state index in [9.17, 15) is 8.78 Å². The second-order valence-electron chi connectivity index (χ2n) is 2.65. The second-order valence-corrected chi connectivity index (χ2v) is 2.65. The van der Waals surface area contributed by atoms with Crippen LogP contribution in [0.4, 0.5) is 8.78 Å². The predicted octanol–water partition coefficient (Wildman–Crippen LogP) is 2.34. The molecule has 0 fully saturated rings. The maximum atomic E-state index is 11.9. The Hall–Kier alpha value is -1.98. The summed E-state index contributed by atoms with van der Waals surface area (Å²) in [6, 6.07) is 6.05. The lowest BCUT2D eigenvalue weighted by Gasteiger charge is -2.04. The van der Waals surface area contributed by atoms with Gasteiger partial charge in [0.15, 0.2) is 0 Å². The molecule has 0 aliphatic carbocycles. The van der Waals surface area contributed by atoms with Gasteiger partial charge in [0.05, 0.1) is 0 Å². The number of nitrogens with zero attached hydrogens (tertiary/aromatic N) is 2. The number of benzene rings is 1. The summed E-state index contributed by atoms with van der Waals surface area (Å²) in [7, 11) is 0. The Morgan fingerprint density at radius 1 is 1.33 bits per heavy atom. The third-order valence-corrected chi connectivity index (χ3v) is 1.67. The summed E-state index contributed by atoms with van der Waals surface area (Å²) in [5.41, 5.74) is 0.533. The molecule has 4 nitrogen and oxygen atoms in total. The molecule has 0 radical (unpaired) electrons. The van der Waals surface area contributed by atoms with Gasteiger partial charge in [-0.2, -0.15) is 8.78 Å². The molecule has 0 aliphatic rings. The highest BCUT2D eigenvalue weighted by Crippen LogP contribution is 2.22. The Balaban J connectivity index is 2.27. The molecular formula is C9H6F2N2O2. The van der Waals surface area contributed by atoms with Crippen LogP contribution in [0.25, 0.3) is 11.5 Å². The molecule has 0 N–H and O–H groups in total. The van der Waals surface area contributed by atoms with Crippen LogP contribution in [0.5, 0.6) is 5.75 Å². The summed E-state index contributed by atoms with van der Waals surface area (Å²) in [4.78, 5) is 0. The van der Waals surface area contributed by atoms with E-state index < -0.39 is 6.61 Å². The minimum absolute atomic E-state index is 0.0562. The molecule has 1 aromatic carbocycles. The van der Waals surface area contributed by atoms with Crippen molar-refractivity contribution in [3.8, 4) is 17.2 Å². The highest BCUT2D eigenvalue weighted by atomic mass is 19.3. The molecule has 0 amide bonds. The first-order valence-electron chi connectivity index (χ1n) is 4.07. The van der Waals surface area contributed by atoms with Gasteiger partial charge in [0.25, 0.3) is 0 Å². The van der Waals surface area contributed by atoms with Crippen LogP contribution in [0.15, 0.2) is 35.1 Å². The van der Waals surface area contributed by atoms with Gasteiger partial charge in [0, 0.05) is 5.56 Å². The van der Waals surface area contributed by atoms with E-state index in [4.69, 9.17) is 4.42 Å². The first kappa shape index (κ1) is 9.57. The summed E-state index contributed by atoms with van der Waals surface area (Å²) >= 11 is 0. The minimum Gasteiger partial charge on any atom is -0.435 e. The highest BCUT2D eigenvalue weighted by Gasteiger charge is 2.07. The number of alkyl halides is 2. The van der Waals surface area contributed by atoms with E-state index >= 15 is 0 Å². The van der Waals surface area contributed by atoms with Crippen molar-refractivity contribution in [3.63, 3.8) is 0 Å². The molecule has 0 unspecified atom stereocenters. The van der Waals surface area contributed by atoms with Gasteiger partial charge in [-0.1, -0.05) is 6.07 Å². The van der Waals surface area contributed by atoms with Crippen molar-refractivity contribution in [3.05, 3.63) is 30.7 Å². The van der Waals surface area contributed by atoms with Gasteiger partial charge < -0.3 is 9.15 Å². The van der Waals surface area contributed by atoms with Gasteiger partial charge in [-0.15, -0.1) is 10.2 Å². The van der Waals surface area contributed by atoms with Crippen molar-refractivity contribution in [1.29, 1.82) is 0 Å². The van der Waals surface area contributed by atoms with Crippen molar-refractivity contribution in [1.82, 2.24) is 10.2 Å². The van der Waals surface area contributed by atoms with Crippen LogP contribution in [-0.4, -0.2) is 16.8 Å². The average Bonchev–Trinajstić information content (AvgIpc) is 2.69. The predicted molar refractivity (Wildman–Crippen MR) is 46.4 cm³/mol. The summed E-state index contributed by atoms with van der Waals surface area (Å²) in [6.07, 6.45) is 1.16. The molecule has 6 heteroatoms. The van der Waals surface area contributed by atoms with Gasteiger partial charge in [-0.25, -0.2) is 0 Å². The highest BCUT2D eigenvalue weighted by molar-refractivity contribution is 5.55. The molecule has 0 spiro atoms. The summed E-state index contributed by atoms with van der Waals surface area (Å²) in [5.74, 6) is 0.315. The number of hydrogen-bond donors (Lipinski definition) is 0. The van der Waals surface area contributed by atoms with Crippen molar-refractivity contribution in [2.45, 2.75) is 6.61 Å². The Labute approximate surface area is 83.5 Å². The van der Waals surface area contributed by atoms with Crippen LogP contribution in [0, 0.1) is 0 Å². The van der Waals surface area contributed by atoms with E-state index in [2.05, 4.69) is 14.9 Å². The fourth-order valence-electron chi connectivity index (χ4n) is 1.10. The fourth-order valence-corrected chi connectivity index (χ4v) is 1.10. The number of halogens is 2. The number of ether oxygens (including phenoxy) is 1. The average molecular weight is 212 g/mol. The van der Waals surface area contributed by atoms with Gasteiger partial charge in [-0.05, 0) is 18.2 Å². The lowest BCUT2D eigenvalue weighted by molar-refractivity contribution is -0.0498. The zero-order chi connectivity index (χ0) is 10.7. The summed E-state index contributed by atoms with van der Waals surface area (Å²) in [6.45, 7) is -2.84. The van der Waals surface area contributed by atoms with Crippen LogP contribution in [0.1, 0.15) is 0 Å². The molecule has 0 saturated carbocycles. The molecule has 2 rings (SSSR count). The molecule has 0 aliphatic heterocycles. The van der Waals surface area contributed by atoms with E-state index in [0.717, 1.165) is 6.39 Å². The Morgan fingerprint density at radius 2 is 2.20 bits per heavy atom. The van der Waals surface area contributed by atoms with Crippen molar-refractivity contribution < 1.29 is 17.9 Å². The molecular weight excluding hydrogens is 206 g/mol. The third kappa shape index (κ3) is 2.28. The lowest BCUT2D eigenvalue weighted by atomic mass is 10.2. The molecule has 0 saturated heterocycles. The maximum absolute atomic E-state index is 11.9. The minimum atomic E-state index is -2.84. The van der Waals surface area contributed by atoms with Crippen LogP contribution in [0.3, 0.4) is 0 Å². The molecule has 1 aromatic heterocycles. The van der Waals surface area contributed by atoms with Crippen LogP contribution in [0.2, 0.25) is 0 Å². The standard InChI is InChI=1S/C9H6F2N2O2/c10-9(11)15-7-3-1-2-6(4-7)8-13-12-5-14-8/h1-5,9H. The normalized spacial score (nSPS) is 10.6. The fraction of sp³-hybridized carbons (Fsp3) is 0.111. The van der Waals surface area contributed by atoms with Crippen LogP contribution < -0.4 is 4.74 Å². The summed E-state index contributed by atoms with van der Waals surface area (Å²) in [5, 5.41) is 7.13. The van der Waals surface area contributed by atoms with E-state index in [-0.39, 0.29) is 11.6 Å². The van der Waals surface area contributed by atoms with Gasteiger partial charge in [-0.3, -0.25) is 0 Å². The van der Waals surface area contributed by atoms with E-state index in [0.29, 0.717) is 5.56 Å². The Kier molecular flexibility index (Phi) is 2.57. The Bertz CT molecular complexity index is 431. The zero-order valence-corrected chi connectivity index (χ0v) is 7.43.